The zero-order chi connectivity index (χ0) is 27.1. The van der Waals surface area contributed by atoms with Crippen LogP contribution >= 0.6 is 11.8 Å². The highest BCUT2D eigenvalue weighted by atomic mass is 32.2. The van der Waals surface area contributed by atoms with Gasteiger partial charge in [0.25, 0.3) is 11.5 Å². The molecule has 1 atom stereocenters. The summed E-state index contributed by atoms with van der Waals surface area (Å²) in [5.74, 6) is -1.12. The number of hydrogen-bond donors (Lipinski definition) is 1. The van der Waals surface area contributed by atoms with Crippen LogP contribution in [-0.4, -0.2) is 28.1 Å². The fourth-order valence-electron chi connectivity index (χ4n) is 4.42. The Hall–Kier alpha value is -3.34. The van der Waals surface area contributed by atoms with Crippen molar-refractivity contribution in [2.75, 3.05) is 7.11 Å². The number of nitrogens with zero attached hydrogens (tertiary/aromatic N) is 2. The molecule has 1 heterocycles. The second-order valence-corrected chi connectivity index (χ2v) is 10.5. The molecule has 1 aliphatic carbocycles. The Morgan fingerprint density at radius 1 is 1.14 bits per heavy atom. The van der Waals surface area contributed by atoms with Crippen LogP contribution in [0.1, 0.15) is 60.2 Å². The molecular weight excluding hydrogens is 510 g/mol. The number of benzene rings is 2. The van der Waals surface area contributed by atoms with Crippen molar-refractivity contribution in [3.8, 4) is 5.75 Å². The average molecular weight is 536 g/mol. The molecule has 37 heavy (non-hydrogen) atoms. The number of carbonyl (C=O) groups is 1. The van der Waals surface area contributed by atoms with Crippen molar-refractivity contribution in [1.82, 2.24) is 9.55 Å². The third-order valence-corrected chi connectivity index (χ3v) is 7.23. The van der Waals surface area contributed by atoms with Crippen LogP contribution < -0.4 is 16.0 Å². The van der Waals surface area contributed by atoms with E-state index in [2.05, 4.69) is 4.98 Å². The summed E-state index contributed by atoms with van der Waals surface area (Å²) < 4.78 is 59.9. The molecule has 4 rings (SSSR count). The summed E-state index contributed by atoms with van der Waals surface area (Å²) in [6.45, 7) is 3.65. The molecule has 0 spiro atoms. The monoisotopic (exact) mass is 535 g/mol. The van der Waals surface area contributed by atoms with E-state index in [1.54, 1.807) is 24.3 Å². The predicted octanol–water partition coefficient (Wildman–Crippen LogP) is 5.43. The molecule has 0 unspecified atom stereocenters. The van der Waals surface area contributed by atoms with Crippen LogP contribution in [0.4, 0.5) is 17.6 Å². The molecule has 2 N–H and O–H groups in total. The number of thioether (sulfide) groups is 1. The van der Waals surface area contributed by atoms with Crippen molar-refractivity contribution < 1.29 is 27.1 Å². The van der Waals surface area contributed by atoms with Crippen LogP contribution in [0.5, 0.6) is 5.75 Å². The summed E-state index contributed by atoms with van der Waals surface area (Å²) >= 11 is -0.534. The summed E-state index contributed by atoms with van der Waals surface area (Å²) in [6.07, 6.45) is 1.47. The number of nitrogens with two attached hydrogens (primary N) is 1. The molecule has 2 aromatic carbocycles. The van der Waals surface area contributed by atoms with Gasteiger partial charge >= 0.3 is 5.51 Å². The maximum Gasteiger partial charge on any atom is 0.446 e. The number of primary amides is 1. The van der Waals surface area contributed by atoms with Crippen molar-refractivity contribution >= 4 is 17.7 Å². The lowest BCUT2D eigenvalue weighted by Crippen LogP contribution is -2.38. The lowest BCUT2D eigenvalue weighted by Gasteiger charge is -2.32. The summed E-state index contributed by atoms with van der Waals surface area (Å²) in [6, 6.07) is 11.0. The minimum absolute atomic E-state index is 0.0649. The average Bonchev–Trinajstić information content (AvgIpc) is 3.66. The SMILES string of the molecule is COc1ccc(C(C)(C)c2nc(C(N)=O)cc(=O)n2[C@@H](c2ccc(SC(F)(F)F)c(F)c2)C2CC2)cc1. The first-order valence-electron chi connectivity index (χ1n) is 11.5. The number of amides is 1. The fraction of sp³-hybridized carbons (Fsp3) is 0.346. The Bertz CT molecular complexity index is 1380. The number of ether oxygens (including phenoxy) is 1. The Labute approximate surface area is 214 Å². The minimum Gasteiger partial charge on any atom is -0.497 e. The summed E-state index contributed by atoms with van der Waals surface area (Å²) in [5.41, 5.74) is 0.220. The lowest BCUT2D eigenvalue weighted by atomic mass is 9.82. The van der Waals surface area contributed by atoms with E-state index in [9.17, 15) is 27.2 Å². The zero-order valence-corrected chi connectivity index (χ0v) is 21.1. The second-order valence-electron chi connectivity index (χ2n) is 9.41. The molecule has 0 radical (unpaired) electrons. The van der Waals surface area contributed by atoms with Crippen molar-refractivity contribution in [1.29, 1.82) is 0 Å². The van der Waals surface area contributed by atoms with Crippen LogP contribution in [0.25, 0.3) is 0 Å². The van der Waals surface area contributed by atoms with Gasteiger partial charge < -0.3 is 10.5 Å². The van der Waals surface area contributed by atoms with Crippen molar-refractivity contribution in [2.45, 2.75) is 48.5 Å². The highest BCUT2D eigenvalue weighted by Gasteiger charge is 2.40. The van der Waals surface area contributed by atoms with Gasteiger partial charge in [0.05, 0.1) is 18.0 Å². The molecule has 0 bridgehead atoms. The molecule has 1 aliphatic rings. The third kappa shape index (κ3) is 5.66. The molecule has 1 fully saturated rings. The molecule has 1 saturated carbocycles. The van der Waals surface area contributed by atoms with Crippen LogP contribution in [0.3, 0.4) is 0 Å². The largest absolute Gasteiger partial charge is 0.497 e. The number of alkyl halides is 3. The molecule has 6 nitrogen and oxygen atoms in total. The normalized spacial score (nSPS) is 14.9. The Morgan fingerprint density at radius 2 is 1.78 bits per heavy atom. The topological polar surface area (TPSA) is 87.2 Å². The van der Waals surface area contributed by atoms with Crippen molar-refractivity contribution in [3.05, 3.63) is 87.3 Å². The minimum atomic E-state index is -4.64. The third-order valence-electron chi connectivity index (χ3n) is 6.45. The van der Waals surface area contributed by atoms with Gasteiger partial charge in [-0.3, -0.25) is 14.2 Å². The first kappa shape index (κ1) is 26.7. The lowest BCUT2D eigenvalue weighted by molar-refractivity contribution is -0.0329. The zero-order valence-electron chi connectivity index (χ0n) is 20.3. The number of rotatable bonds is 8. The van der Waals surface area contributed by atoms with Crippen molar-refractivity contribution in [3.63, 3.8) is 0 Å². The summed E-state index contributed by atoms with van der Waals surface area (Å²) in [5, 5.41) is 0. The van der Waals surface area contributed by atoms with Gasteiger partial charge in [-0.25, -0.2) is 9.37 Å². The quantitative estimate of drug-likeness (QED) is 0.307. The number of aromatic nitrogens is 2. The van der Waals surface area contributed by atoms with Gasteiger partial charge in [-0.1, -0.05) is 18.2 Å². The maximum atomic E-state index is 14.8. The Morgan fingerprint density at radius 3 is 2.30 bits per heavy atom. The van der Waals surface area contributed by atoms with E-state index in [4.69, 9.17) is 10.5 Å². The molecule has 1 aromatic heterocycles. The summed E-state index contributed by atoms with van der Waals surface area (Å²) in [4.78, 5) is 29.4. The first-order valence-corrected chi connectivity index (χ1v) is 12.3. The number of carbonyl (C=O) groups excluding carboxylic acids is 1. The molecule has 3 aromatic rings. The van der Waals surface area contributed by atoms with E-state index in [1.165, 1.54) is 17.7 Å². The fourth-order valence-corrected chi connectivity index (χ4v) is 4.96. The molecule has 196 valence electrons. The molecule has 11 heteroatoms. The number of hydrogen-bond acceptors (Lipinski definition) is 5. The van der Waals surface area contributed by atoms with E-state index >= 15 is 0 Å². The van der Waals surface area contributed by atoms with Crippen LogP contribution in [0.15, 0.2) is 58.2 Å². The predicted molar refractivity (Wildman–Crippen MR) is 131 cm³/mol. The van der Waals surface area contributed by atoms with Crippen molar-refractivity contribution in [2.24, 2.45) is 11.7 Å². The van der Waals surface area contributed by atoms with E-state index < -0.39 is 50.9 Å². The van der Waals surface area contributed by atoms with Gasteiger partial charge in [0.15, 0.2) is 0 Å². The van der Waals surface area contributed by atoms with Crippen LogP contribution in [-0.2, 0) is 5.41 Å². The molecule has 0 saturated heterocycles. The van der Waals surface area contributed by atoms with E-state index in [0.29, 0.717) is 11.3 Å². The highest BCUT2D eigenvalue weighted by molar-refractivity contribution is 8.00. The van der Waals surface area contributed by atoms with E-state index in [0.717, 1.165) is 36.6 Å². The van der Waals surface area contributed by atoms with Gasteiger partial charge in [0.1, 0.15) is 23.1 Å². The number of methoxy groups -OCH3 is 1. The number of halogens is 4. The van der Waals surface area contributed by atoms with Gasteiger partial charge in [-0.15, -0.1) is 0 Å². The summed E-state index contributed by atoms with van der Waals surface area (Å²) in [7, 11) is 1.54. The van der Waals surface area contributed by atoms with Gasteiger partial charge in [-0.2, -0.15) is 13.2 Å². The molecule has 1 amide bonds. The first-order chi connectivity index (χ1) is 17.3. The second kappa shape index (κ2) is 9.85. The Kier molecular flexibility index (Phi) is 7.11. The molecular formula is C26H25F4N3O3S. The van der Waals surface area contributed by atoms with Gasteiger partial charge in [-0.05, 0) is 79.8 Å². The molecule has 0 aliphatic heterocycles. The van der Waals surface area contributed by atoms with Crippen LogP contribution in [0.2, 0.25) is 0 Å². The van der Waals surface area contributed by atoms with Gasteiger partial charge in [0, 0.05) is 11.5 Å². The van der Waals surface area contributed by atoms with E-state index in [1.807, 2.05) is 13.8 Å². The smallest absolute Gasteiger partial charge is 0.446 e. The van der Waals surface area contributed by atoms with Gasteiger partial charge in [0.2, 0.25) is 0 Å². The highest BCUT2D eigenvalue weighted by Crippen LogP contribution is 2.46. The Balaban J connectivity index is 1.90. The van der Waals surface area contributed by atoms with E-state index in [-0.39, 0.29) is 17.4 Å². The maximum absolute atomic E-state index is 14.8. The van der Waals surface area contributed by atoms with Crippen LogP contribution in [0, 0.1) is 11.7 Å². The standard InChI is InChI=1S/C26H25F4N3O3S/c1-25(2,16-7-9-17(36-3)10-8-16)24-32-19(23(31)35)13-21(34)33(24)22(14-4-5-14)15-6-11-20(18(27)12-15)37-26(28,29)30/h6-14,22H,4-5H2,1-3H3,(H2,31,35)/t22-/m1/s1.